The van der Waals surface area contributed by atoms with Crippen molar-refractivity contribution >= 4 is 16.6 Å². The molecule has 0 aliphatic carbocycles. The van der Waals surface area contributed by atoms with Gasteiger partial charge in [-0.2, -0.15) is 0 Å². The Morgan fingerprint density at radius 3 is 2.95 bits per heavy atom. The highest BCUT2D eigenvalue weighted by Crippen LogP contribution is 2.30. The van der Waals surface area contributed by atoms with Gasteiger partial charge in [-0.1, -0.05) is 6.07 Å². The van der Waals surface area contributed by atoms with Gasteiger partial charge in [0.05, 0.1) is 4.92 Å². The molecule has 1 N–H and O–H groups in total. The molecule has 100 valence electrons. The van der Waals surface area contributed by atoms with E-state index in [0.29, 0.717) is 23.2 Å². The number of fused-ring (bicyclic) bond motifs is 1. The highest BCUT2D eigenvalue weighted by Gasteiger charge is 2.15. The standard InChI is InChI=1S/C13H15N3O3/c1-9(8-14-2)19-12-6-7-15-13-10(12)4-3-5-11(13)16(17)18/h3-7,9,14H,8H2,1-2H3. The molecule has 0 amide bonds. The molecular formula is C13H15N3O3. The van der Waals surface area contributed by atoms with Crippen LogP contribution in [0.15, 0.2) is 30.5 Å². The lowest BCUT2D eigenvalue weighted by Crippen LogP contribution is -2.26. The molecular weight excluding hydrogens is 246 g/mol. The number of non-ortho nitro benzene ring substituents is 1. The number of nitrogens with zero attached hydrogens (tertiary/aromatic N) is 2. The number of ether oxygens (including phenoxy) is 1. The van der Waals surface area contributed by atoms with Gasteiger partial charge in [0.25, 0.3) is 5.69 Å². The number of benzene rings is 1. The molecule has 6 heteroatoms. The number of aromatic nitrogens is 1. The molecule has 1 aromatic carbocycles. The summed E-state index contributed by atoms with van der Waals surface area (Å²) in [6, 6.07) is 6.57. The van der Waals surface area contributed by atoms with Crippen LogP contribution < -0.4 is 10.1 Å². The van der Waals surface area contributed by atoms with Gasteiger partial charge in [-0.05, 0) is 26.1 Å². The van der Waals surface area contributed by atoms with E-state index >= 15 is 0 Å². The van der Waals surface area contributed by atoms with E-state index in [4.69, 9.17) is 4.74 Å². The Kier molecular flexibility index (Phi) is 3.91. The fourth-order valence-corrected chi connectivity index (χ4v) is 1.93. The molecule has 0 radical (unpaired) electrons. The Bertz CT molecular complexity index is 601. The number of rotatable bonds is 5. The molecule has 1 unspecified atom stereocenters. The maximum Gasteiger partial charge on any atom is 0.295 e. The number of pyridine rings is 1. The minimum atomic E-state index is -0.434. The van der Waals surface area contributed by atoms with E-state index in [1.807, 2.05) is 14.0 Å². The Morgan fingerprint density at radius 2 is 2.26 bits per heavy atom. The van der Waals surface area contributed by atoms with Gasteiger partial charge in [-0.25, -0.2) is 4.98 Å². The van der Waals surface area contributed by atoms with Crippen molar-refractivity contribution in [2.45, 2.75) is 13.0 Å². The number of para-hydroxylation sites is 1. The number of likely N-dealkylation sites (N-methyl/N-ethyl adjacent to an activating group) is 1. The first kappa shape index (κ1) is 13.2. The lowest BCUT2D eigenvalue weighted by Gasteiger charge is -2.15. The van der Waals surface area contributed by atoms with Crippen LogP contribution in [0, 0.1) is 10.1 Å². The molecule has 0 spiro atoms. The molecule has 1 atom stereocenters. The molecule has 0 saturated heterocycles. The predicted octanol–water partition coefficient (Wildman–Crippen LogP) is 2.13. The van der Waals surface area contributed by atoms with Gasteiger partial charge in [-0.3, -0.25) is 10.1 Å². The van der Waals surface area contributed by atoms with Crippen molar-refractivity contribution in [2.75, 3.05) is 13.6 Å². The molecule has 0 aliphatic rings. The van der Waals surface area contributed by atoms with Crippen LogP contribution in [-0.4, -0.2) is 29.6 Å². The second-order valence-corrected chi connectivity index (χ2v) is 4.23. The van der Waals surface area contributed by atoms with Gasteiger partial charge in [0.2, 0.25) is 0 Å². The summed E-state index contributed by atoms with van der Waals surface area (Å²) in [4.78, 5) is 14.6. The summed E-state index contributed by atoms with van der Waals surface area (Å²) in [6.07, 6.45) is 1.49. The third-order valence-corrected chi connectivity index (χ3v) is 2.73. The highest BCUT2D eigenvalue weighted by atomic mass is 16.6. The molecule has 0 aliphatic heterocycles. The van der Waals surface area contributed by atoms with Crippen molar-refractivity contribution < 1.29 is 9.66 Å². The minimum absolute atomic E-state index is 0.00998. The van der Waals surface area contributed by atoms with Gasteiger partial charge in [0.15, 0.2) is 5.52 Å². The maximum atomic E-state index is 11.0. The van der Waals surface area contributed by atoms with Gasteiger partial charge < -0.3 is 10.1 Å². The summed E-state index contributed by atoms with van der Waals surface area (Å²) in [5.41, 5.74) is 0.339. The summed E-state index contributed by atoms with van der Waals surface area (Å²) in [7, 11) is 1.84. The van der Waals surface area contributed by atoms with Crippen molar-refractivity contribution in [2.24, 2.45) is 0 Å². The zero-order valence-corrected chi connectivity index (χ0v) is 10.8. The Morgan fingerprint density at radius 1 is 1.47 bits per heavy atom. The van der Waals surface area contributed by atoms with Crippen LogP contribution in [0.5, 0.6) is 5.75 Å². The van der Waals surface area contributed by atoms with E-state index < -0.39 is 4.92 Å². The third-order valence-electron chi connectivity index (χ3n) is 2.73. The van der Waals surface area contributed by atoms with E-state index in [1.54, 1.807) is 18.2 Å². The first-order valence-electron chi connectivity index (χ1n) is 5.97. The van der Waals surface area contributed by atoms with Gasteiger partial charge >= 0.3 is 0 Å². The zero-order valence-electron chi connectivity index (χ0n) is 10.8. The van der Waals surface area contributed by atoms with Crippen LogP contribution >= 0.6 is 0 Å². The predicted molar refractivity (Wildman–Crippen MR) is 72.4 cm³/mol. The van der Waals surface area contributed by atoms with E-state index in [0.717, 1.165) is 0 Å². The van der Waals surface area contributed by atoms with Crippen molar-refractivity contribution in [3.8, 4) is 5.75 Å². The van der Waals surface area contributed by atoms with E-state index in [2.05, 4.69) is 10.3 Å². The van der Waals surface area contributed by atoms with Crippen molar-refractivity contribution in [3.63, 3.8) is 0 Å². The third kappa shape index (κ3) is 2.79. The van der Waals surface area contributed by atoms with E-state index in [1.165, 1.54) is 12.3 Å². The molecule has 2 rings (SSSR count). The lowest BCUT2D eigenvalue weighted by molar-refractivity contribution is -0.383. The molecule has 1 aromatic heterocycles. The SMILES string of the molecule is CNCC(C)Oc1ccnc2c([N+](=O)[O-])cccc12. The van der Waals surface area contributed by atoms with E-state index in [-0.39, 0.29) is 11.8 Å². The average Bonchev–Trinajstić information content (AvgIpc) is 2.38. The second kappa shape index (κ2) is 5.62. The molecule has 19 heavy (non-hydrogen) atoms. The molecule has 2 aromatic rings. The quantitative estimate of drug-likeness (QED) is 0.659. The zero-order chi connectivity index (χ0) is 13.8. The largest absolute Gasteiger partial charge is 0.489 e. The van der Waals surface area contributed by atoms with Crippen molar-refractivity contribution in [3.05, 3.63) is 40.6 Å². The fourth-order valence-electron chi connectivity index (χ4n) is 1.93. The summed E-state index contributed by atoms with van der Waals surface area (Å²) >= 11 is 0. The maximum absolute atomic E-state index is 11.0. The summed E-state index contributed by atoms with van der Waals surface area (Å²) < 4.78 is 5.78. The highest BCUT2D eigenvalue weighted by molar-refractivity contribution is 5.91. The first-order chi connectivity index (χ1) is 9.13. The average molecular weight is 261 g/mol. The van der Waals surface area contributed by atoms with Crippen molar-refractivity contribution in [1.82, 2.24) is 10.3 Å². The van der Waals surface area contributed by atoms with Crippen LogP contribution in [0.1, 0.15) is 6.92 Å². The lowest BCUT2D eigenvalue weighted by atomic mass is 10.2. The van der Waals surface area contributed by atoms with Crippen LogP contribution in [0.3, 0.4) is 0 Å². The molecule has 0 fully saturated rings. The molecule has 0 saturated carbocycles. The summed E-state index contributed by atoms with van der Waals surface area (Å²) in [5.74, 6) is 0.608. The minimum Gasteiger partial charge on any atom is -0.489 e. The van der Waals surface area contributed by atoms with Gasteiger partial charge in [0.1, 0.15) is 11.9 Å². The molecule has 6 nitrogen and oxygen atoms in total. The Labute approximate surface area is 110 Å². The smallest absolute Gasteiger partial charge is 0.295 e. The van der Waals surface area contributed by atoms with Crippen molar-refractivity contribution in [1.29, 1.82) is 0 Å². The topological polar surface area (TPSA) is 77.3 Å². The number of nitro benzene ring substituents is 1. The van der Waals surface area contributed by atoms with Crippen LogP contribution in [-0.2, 0) is 0 Å². The number of hydrogen-bond acceptors (Lipinski definition) is 5. The monoisotopic (exact) mass is 261 g/mol. The molecule has 0 bridgehead atoms. The van der Waals surface area contributed by atoms with Crippen LogP contribution in [0.2, 0.25) is 0 Å². The molecule has 1 heterocycles. The fraction of sp³-hybridized carbons (Fsp3) is 0.308. The van der Waals surface area contributed by atoms with Crippen LogP contribution in [0.25, 0.3) is 10.9 Å². The number of nitrogens with one attached hydrogen (secondary N) is 1. The number of hydrogen-bond donors (Lipinski definition) is 1. The van der Waals surface area contributed by atoms with Gasteiger partial charge in [-0.15, -0.1) is 0 Å². The van der Waals surface area contributed by atoms with Crippen LogP contribution in [0.4, 0.5) is 5.69 Å². The van der Waals surface area contributed by atoms with E-state index in [9.17, 15) is 10.1 Å². The normalized spacial score (nSPS) is 12.3. The second-order valence-electron chi connectivity index (χ2n) is 4.23. The Hall–Kier alpha value is -2.21. The Balaban J connectivity index is 2.46. The summed E-state index contributed by atoms with van der Waals surface area (Å²) in [5, 5.41) is 14.6. The number of nitro groups is 1. The summed E-state index contributed by atoms with van der Waals surface area (Å²) in [6.45, 7) is 2.62. The first-order valence-corrected chi connectivity index (χ1v) is 5.97. The van der Waals surface area contributed by atoms with Gasteiger partial charge in [0, 0.05) is 24.2 Å².